The number of fused-ring (bicyclic) bond motifs is 1. The first kappa shape index (κ1) is 30.5. The standard InChI is InChI=1S/C32H32N4O7S/c1-7-34(8-2)31(38)28-19(4)33-32-35(29(28)23-16-20(41-5)10-13-25(23)42-6)30(37)27(44-32)17-21-11-14-26(43-21)22-12-9-18(3)15-24(22)36(39)40/h9-17,29H,7-8H2,1-6H3/b27-17+/t29-/m0/s1. The molecule has 3 heterocycles. The SMILES string of the molecule is CCN(CC)C(=O)C1=C(C)N=c2s/c(=C/c3ccc(-c4ccc(C)cc4[N+](=O)[O-])o3)c(=O)n2[C@H]1c1cc(OC)ccc1OC. The van der Waals surface area contributed by atoms with Crippen LogP contribution in [0, 0.1) is 17.0 Å². The van der Waals surface area contributed by atoms with Crippen molar-refractivity contribution >= 4 is 29.0 Å². The highest BCUT2D eigenvalue weighted by Gasteiger charge is 2.36. The summed E-state index contributed by atoms with van der Waals surface area (Å²) in [6.07, 6.45) is 1.58. The van der Waals surface area contributed by atoms with Crippen LogP contribution in [0.15, 0.2) is 74.0 Å². The number of aromatic nitrogens is 1. The zero-order chi connectivity index (χ0) is 31.7. The molecule has 0 aliphatic carbocycles. The molecule has 0 radical (unpaired) electrons. The van der Waals surface area contributed by atoms with E-state index < -0.39 is 11.0 Å². The summed E-state index contributed by atoms with van der Waals surface area (Å²) in [4.78, 5) is 46.1. The van der Waals surface area contributed by atoms with Gasteiger partial charge in [-0.15, -0.1) is 0 Å². The van der Waals surface area contributed by atoms with Crippen LogP contribution in [-0.4, -0.2) is 47.6 Å². The van der Waals surface area contributed by atoms with E-state index in [1.807, 2.05) is 13.8 Å². The molecule has 4 aromatic rings. The van der Waals surface area contributed by atoms with Crippen molar-refractivity contribution in [1.29, 1.82) is 0 Å². The molecule has 0 spiro atoms. The van der Waals surface area contributed by atoms with Crippen molar-refractivity contribution in [2.24, 2.45) is 4.99 Å². The van der Waals surface area contributed by atoms with Crippen molar-refractivity contribution in [2.75, 3.05) is 27.3 Å². The molecule has 2 aromatic carbocycles. The van der Waals surface area contributed by atoms with Gasteiger partial charge in [0.05, 0.1) is 40.5 Å². The van der Waals surface area contributed by atoms with Crippen molar-refractivity contribution in [3.8, 4) is 22.8 Å². The van der Waals surface area contributed by atoms with Crippen LogP contribution < -0.4 is 24.4 Å². The Labute approximate surface area is 257 Å². The first-order valence-corrected chi connectivity index (χ1v) is 14.8. The number of hydrogen-bond acceptors (Lipinski definition) is 9. The number of ether oxygens (including phenoxy) is 2. The Morgan fingerprint density at radius 3 is 2.52 bits per heavy atom. The summed E-state index contributed by atoms with van der Waals surface area (Å²) in [7, 11) is 3.08. The minimum atomic E-state index is -0.839. The van der Waals surface area contributed by atoms with Gasteiger partial charge in [0, 0.05) is 30.8 Å². The minimum absolute atomic E-state index is 0.0709. The molecule has 0 unspecified atom stereocenters. The van der Waals surface area contributed by atoms with Crippen LogP contribution in [0.2, 0.25) is 0 Å². The number of hydrogen-bond donors (Lipinski definition) is 0. The van der Waals surface area contributed by atoms with E-state index in [4.69, 9.17) is 18.9 Å². The molecule has 1 amide bonds. The smallest absolute Gasteiger partial charge is 0.280 e. The van der Waals surface area contributed by atoms with Gasteiger partial charge in [-0.3, -0.25) is 24.3 Å². The van der Waals surface area contributed by atoms with Crippen LogP contribution in [0.4, 0.5) is 5.69 Å². The average Bonchev–Trinajstić information content (AvgIpc) is 3.60. The molecule has 1 aliphatic rings. The number of benzene rings is 2. The summed E-state index contributed by atoms with van der Waals surface area (Å²) < 4.78 is 19.0. The first-order valence-electron chi connectivity index (χ1n) is 14.0. The van der Waals surface area contributed by atoms with Crippen LogP contribution in [-0.2, 0) is 4.79 Å². The number of carbonyl (C=O) groups is 1. The normalized spacial score (nSPS) is 14.7. The lowest BCUT2D eigenvalue weighted by molar-refractivity contribution is -0.384. The third kappa shape index (κ3) is 5.44. The number of nitro benzene ring substituents is 1. The lowest BCUT2D eigenvalue weighted by Crippen LogP contribution is -2.43. The third-order valence-electron chi connectivity index (χ3n) is 7.55. The fourth-order valence-electron chi connectivity index (χ4n) is 5.33. The molecule has 0 bridgehead atoms. The van der Waals surface area contributed by atoms with Gasteiger partial charge in [-0.05, 0) is 69.7 Å². The largest absolute Gasteiger partial charge is 0.497 e. The second-order valence-corrected chi connectivity index (χ2v) is 11.2. The van der Waals surface area contributed by atoms with Crippen molar-refractivity contribution in [1.82, 2.24) is 9.47 Å². The van der Waals surface area contributed by atoms with Gasteiger partial charge in [-0.2, -0.15) is 0 Å². The Morgan fingerprint density at radius 1 is 1.11 bits per heavy atom. The molecule has 0 saturated carbocycles. The molecule has 0 saturated heterocycles. The number of thiazole rings is 1. The number of amides is 1. The predicted molar refractivity (Wildman–Crippen MR) is 167 cm³/mol. The molecule has 1 atom stereocenters. The highest BCUT2D eigenvalue weighted by molar-refractivity contribution is 7.07. The van der Waals surface area contributed by atoms with Gasteiger partial charge in [-0.1, -0.05) is 17.4 Å². The van der Waals surface area contributed by atoms with Crippen LogP contribution >= 0.6 is 11.3 Å². The number of aryl methyl sites for hydroxylation is 1. The molecular formula is C32H32N4O7S. The second kappa shape index (κ2) is 12.3. The van der Waals surface area contributed by atoms with Gasteiger partial charge >= 0.3 is 0 Å². The van der Waals surface area contributed by atoms with Crippen molar-refractivity contribution < 1.29 is 23.6 Å². The van der Waals surface area contributed by atoms with E-state index >= 15 is 0 Å². The average molecular weight is 617 g/mol. The quantitative estimate of drug-likeness (QED) is 0.199. The van der Waals surface area contributed by atoms with E-state index in [-0.39, 0.29) is 17.2 Å². The number of methoxy groups -OCH3 is 2. The van der Waals surface area contributed by atoms with Gasteiger partial charge in [0.1, 0.15) is 29.1 Å². The highest BCUT2D eigenvalue weighted by atomic mass is 32.1. The van der Waals surface area contributed by atoms with E-state index in [2.05, 4.69) is 0 Å². The van der Waals surface area contributed by atoms with E-state index in [0.29, 0.717) is 67.8 Å². The van der Waals surface area contributed by atoms with Crippen LogP contribution in [0.3, 0.4) is 0 Å². The monoisotopic (exact) mass is 616 g/mol. The van der Waals surface area contributed by atoms with Crippen LogP contribution in [0.1, 0.15) is 43.7 Å². The Hall–Kier alpha value is -4.97. The predicted octanol–water partition coefficient (Wildman–Crippen LogP) is 4.60. The number of rotatable bonds is 9. The fourth-order valence-corrected chi connectivity index (χ4v) is 6.36. The van der Waals surface area contributed by atoms with E-state index in [1.54, 1.807) is 74.4 Å². The summed E-state index contributed by atoms with van der Waals surface area (Å²) in [5.41, 5.74) is 2.09. The highest BCUT2D eigenvalue weighted by Crippen LogP contribution is 2.38. The topological polar surface area (TPSA) is 129 Å². The molecule has 11 nitrogen and oxygen atoms in total. The zero-order valence-electron chi connectivity index (χ0n) is 25.2. The maximum Gasteiger partial charge on any atom is 0.280 e. The summed E-state index contributed by atoms with van der Waals surface area (Å²) in [5.74, 6) is 1.44. The zero-order valence-corrected chi connectivity index (χ0v) is 26.1. The number of carbonyl (C=O) groups excluding carboxylic acids is 1. The number of furan rings is 1. The number of allylic oxidation sites excluding steroid dienone is 1. The van der Waals surface area contributed by atoms with Crippen LogP contribution in [0.5, 0.6) is 11.5 Å². The molecule has 228 valence electrons. The van der Waals surface area contributed by atoms with Gasteiger partial charge < -0.3 is 18.8 Å². The maximum absolute atomic E-state index is 14.1. The molecule has 1 aliphatic heterocycles. The Bertz CT molecular complexity index is 1980. The van der Waals surface area contributed by atoms with Gasteiger partial charge in [0.2, 0.25) is 0 Å². The molecule has 0 fully saturated rings. The molecule has 5 rings (SSSR count). The Kier molecular flexibility index (Phi) is 8.54. The minimum Gasteiger partial charge on any atom is -0.497 e. The summed E-state index contributed by atoms with van der Waals surface area (Å²) in [6, 6.07) is 12.6. The molecular weight excluding hydrogens is 584 g/mol. The molecule has 12 heteroatoms. The number of nitro groups is 1. The second-order valence-electron chi connectivity index (χ2n) is 10.1. The van der Waals surface area contributed by atoms with E-state index in [1.165, 1.54) is 17.7 Å². The summed E-state index contributed by atoms with van der Waals surface area (Å²) in [5, 5.41) is 11.7. The molecule has 2 aromatic heterocycles. The van der Waals surface area contributed by atoms with Gasteiger partial charge in [0.15, 0.2) is 4.80 Å². The molecule has 0 N–H and O–H groups in total. The van der Waals surface area contributed by atoms with Gasteiger partial charge in [0.25, 0.3) is 17.2 Å². The number of nitrogens with zero attached hydrogens (tertiary/aromatic N) is 4. The summed E-state index contributed by atoms with van der Waals surface area (Å²) in [6.45, 7) is 8.31. The van der Waals surface area contributed by atoms with E-state index in [0.717, 1.165) is 16.9 Å². The van der Waals surface area contributed by atoms with Crippen molar-refractivity contribution in [3.63, 3.8) is 0 Å². The Balaban J connectivity index is 1.70. The third-order valence-corrected chi connectivity index (χ3v) is 8.53. The van der Waals surface area contributed by atoms with Crippen LogP contribution in [0.25, 0.3) is 17.4 Å². The number of likely N-dealkylation sites (N-methyl/N-ethyl adjacent to an activating group) is 1. The van der Waals surface area contributed by atoms with Crippen molar-refractivity contribution in [3.05, 3.63) is 106 Å². The first-order chi connectivity index (χ1) is 21.1. The maximum atomic E-state index is 14.1. The van der Waals surface area contributed by atoms with Crippen molar-refractivity contribution in [2.45, 2.75) is 33.7 Å². The fraction of sp³-hybridized carbons (Fsp3) is 0.281. The van der Waals surface area contributed by atoms with E-state index in [9.17, 15) is 19.7 Å². The Morgan fingerprint density at radius 2 is 1.86 bits per heavy atom. The summed E-state index contributed by atoms with van der Waals surface area (Å²) >= 11 is 1.16. The molecule has 44 heavy (non-hydrogen) atoms. The lowest BCUT2D eigenvalue weighted by atomic mass is 9.93. The van der Waals surface area contributed by atoms with Gasteiger partial charge in [-0.25, -0.2) is 4.99 Å². The lowest BCUT2D eigenvalue weighted by Gasteiger charge is -2.30.